The van der Waals surface area contributed by atoms with Crippen LogP contribution in [-0.2, 0) is 10.0 Å². The average Bonchev–Trinajstić information content (AvgIpc) is 3.42. The third-order valence-electron chi connectivity index (χ3n) is 5.32. The van der Waals surface area contributed by atoms with Gasteiger partial charge in [-0.15, -0.1) is 0 Å². The Kier molecular flexibility index (Phi) is 5.29. The van der Waals surface area contributed by atoms with Crippen LogP contribution >= 0.6 is 22.9 Å². The Balaban J connectivity index is 1.96. The largest absolute Gasteiger partial charge is 0.268 e. The number of hydrogen-bond donors (Lipinski definition) is 0. The third kappa shape index (κ3) is 3.53. The zero-order chi connectivity index (χ0) is 23.2. The summed E-state index contributed by atoms with van der Waals surface area (Å²) >= 11 is 7.27. The van der Waals surface area contributed by atoms with Gasteiger partial charge in [0.25, 0.3) is 10.0 Å². The summed E-state index contributed by atoms with van der Waals surface area (Å²) in [5, 5.41) is 3.35. The summed E-state index contributed by atoms with van der Waals surface area (Å²) in [6.07, 6.45) is 0. The predicted molar refractivity (Wildman–Crippen MR) is 131 cm³/mol. The van der Waals surface area contributed by atoms with Crippen LogP contribution in [0.3, 0.4) is 0 Å². The SMILES string of the molecule is [C-]#[N+]c1sccc1-c1c(-c2ccc(F)cc2)n(S(=O)(=O)c2ccc(Cl)cc2)c2ccccc12. The molecule has 5 aromatic rings. The van der Waals surface area contributed by atoms with E-state index in [4.69, 9.17) is 18.2 Å². The first kappa shape index (κ1) is 21.4. The number of rotatable bonds is 4. The first-order valence-corrected chi connectivity index (χ1v) is 12.5. The molecule has 0 saturated heterocycles. The van der Waals surface area contributed by atoms with Gasteiger partial charge >= 0.3 is 0 Å². The van der Waals surface area contributed by atoms with Gasteiger partial charge in [-0.3, -0.25) is 0 Å². The van der Waals surface area contributed by atoms with E-state index >= 15 is 0 Å². The molecule has 2 aromatic heterocycles. The predicted octanol–water partition coefficient (Wildman–Crippen LogP) is 7.62. The molecule has 0 atom stereocenters. The van der Waals surface area contributed by atoms with Gasteiger partial charge in [-0.2, -0.15) is 11.3 Å². The topological polar surface area (TPSA) is 43.4 Å². The number of benzene rings is 3. The van der Waals surface area contributed by atoms with Gasteiger partial charge in [-0.1, -0.05) is 35.9 Å². The number of para-hydroxylation sites is 1. The minimum Gasteiger partial charge on any atom is -0.233 e. The summed E-state index contributed by atoms with van der Waals surface area (Å²) in [6.45, 7) is 7.59. The molecule has 0 unspecified atom stereocenters. The molecule has 0 aliphatic rings. The lowest BCUT2D eigenvalue weighted by Crippen LogP contribution is -2.14. The Hall–Kier alpha value is -3.44. The maximum Gasteiger partial charge on any atom is 0.268 e. The minimum atomic E-state index is -4.07. The lowest BCUT2D eigenvalue weighted by Gasteiger charge is -2.14. The fraction of sp³-hybridized carbons (Fsp3) is 0. The number of fused-ring (bicyclic) bond motifs is 1. The number of thiophene rings is 1. The highest BCUT2D eigenvalue weighted by Gasteiger charge is 2.29. The summed E-state index contributed by atoms with van der Waals surface area (Å²) < 4.78 is 42.9. The number of hydrogen-bond acceptors (Lipinski definition) is 3. The Morgan fingerprint density at radius 3 is 2.33 bits per heavy atom. The smallest absolute Gasteiger partial charge is 0.233 e. The van der Waals surface area contributed by atoms with Gasteiger partial charge in [0.05, 0.1) is 22.7 Å². The highest BCUT2D eigenvalue weighted by Crippen LogP contribution is 2.47. The van der Waals surface area contributed by atoms with E-state index in [1.54, 1.807) is 29.6 Å². The molecule has 0 amide bonds. The fourth-order valence-electron chi connectivity index (χ4n) is 3.89. The number of halogens is 2. The highest BCUT2D eigenvalue weighted by molar-refractivity contribution is 7.90. The average molecular weight is 493 g/mol. The van der Waals surface area contributed by atoms with Gasteiger partial charge < -0.3 is 0 Å². The monoisotopic (exact) mass is 492 g/mol. The second-order valence-electron chi connectivity index (χ2n) is 7.22. The van der Waals surface area contributed by atoms with Crippen molar-refractivity contribution in [2.75, 3.05) is 0 Å². The van der Waals surface area contributed by atoms with Crippen molar-refractivity contribution >= 4 is 48.9 Å². The van der Waals surface area contributed by atoms with Crippen molar-refractivity contribution in [2.24, 2.45) is 0 Å². The van der Waals surface area contributed by atoms with Crippen LogP contribution in [0.4, 0.5) is 9.39 Å². The van der Waals surface area contributed by atoms with Crippen LogP contribution in [-0.4, -0.2) is 12.4 Å². The van der Waals surface area contributed by atoms with Crippen LogP contribution in [0.5, 0.6) is 0 Å². The molecule has 3 aromatic carbocycles. The summed E-state index contributed by atoms with van der Waals surface area (Å²) in [5.41, 5.74) is 2.60. The van der Waals surface area contributed by atoms with E-state index < -0.39 is 15.8 Å². The quantitative estimate of drug-likeness (QED) is 0.242. The van der Waals surface area contributed by atoms with Gasteiger partial charge in [0, 0.05) is 27.1 Å². The van der Waals surface area contributed by atoms with E-state index in [2.05, 4.69) is 4.85 Å². The normalized spacial score (nSPS) is 11.5. The summed E-state index contributed by atoms with van der Waals surface area (Å²) in [4.78, 5) is 3.70. The minimum absolute atomic E-state index is 0.0679. The van der Waals surface area contributed by atoms with E-state index in [9.17, 15) is 12.8 Å². The van der Waals surface area contributed by atoms with Crippen LogP contribution in [0.25, 0.3) is 38.1 Å². The van der Waals surface area contributed by atoms with Crippen molar-refractivity contribution in [3.63, 3.8) is 0 Å². The first-order chi connectivity index (χ1) is 15.9. The van der Waals surface area contributed by atoms with Crippen molar-refractivity contribution in [2.45, 2.75) is 4.90 Å². The molecular weight excluding hydrogens is 479 g/mol. The highest BCUT2D eigenvalue weighted by atomic mass is 35.5. The number of aromatic nitrogens is 1. The Morgan fingerprint density at radius 1 is 0.939 bits per heavy atom. The second kappa shape index (κ2) is 8.16. The molecule has 162 valence electrons. The van der Waals surface area contributed by atoms with Gasteiger partial charge in [-0.05, 0) is 60.0 Å². The molecular formula is C25H14ClFN2O2S2. The van der Waals surface area contributed by atoms with Crippen molar-refractivity contribution in [1.29, 1.82) is 0 Å². The molecule has 0 bridgehead atoms. The lowest BCUT2D eigenvalue weighted by atomic mass is 10.00. The second-order valence-corrected chi connectivity index (χ2v) is 10.3. The van der Waals surface area contributed by atoms with Crippen LogP contribution in [0.2, 0.25) is 5.02 Å². The van der Waals surface area contributed by atoms with Crippen LogP contribution in [0.15, 0.2) is 89.1 Å². The zero-order valence-corrected chi connectivity index (χ0v) is 19.3. The number of nitrogens with zero attached hydrogens (tertiary/aromatic N) is 2. The van der Waals surface area contributed by atoms with E-state index in [1.165, 1.54) is 51.7 Å². The Bertz CT molecular complexity index is 1650. The lowest BCUT2D eigenvalue weighted by molar-refractivity contribution is 0.589. The molecule has 0 aliphatic carbocycles. The van der Waals surface area contributed by atoms with Crippen molar-refractivity contribution in [3.8, 4) is 22.4 Å². The maximum absolute atomic E-state index is 13.9. The standard InChI is InChI=1S/C25H14ClFN2O2S2/c1-28-25-21(14-15-32-25)23-20-4-2-3-5-22(20)29(24(23)16-6-10-18(27)11-7-16)33(30,31)19-12-8-17(26)9-13-19/h2-15H. The molecule has 4 nitrogen and oxygen atoms in total. The molecule has 0 spiro atoms. The van der Waals surface area contributed by atoms with Crippen LogP contribution in [0, 0.1) is 12.4 Å². The van der Waals surface area contributed by atoms with E-state index in [0.29, 0.717) is 43.3 Å². The molecule has 0 aliphatic heterocycles. The van der Waals surface area contributed by atoms with E-state index in [1.807, 2.05) is 18.2 Å². The Morgan fingerprint density at radius 2 is 1.64 bits per heavy atom. The van der Waals surface area contributed by atoms with Crippen LogP contribution < -0.4 is 0 Å². The fourth-order valence-corrected chi connectivity index (χ4v) is 6.25. The zero-order valence-electron chi connectivity index (χ0n) is 16.9. The van der Waals surface area contributed by atoms with Gasteiger partial charge in [0.2, 0.25) is 5.00 Å². The van der Waals surface area contributed by atoms with Gasteiger partial charge in [0.15, 0.2) is 0 Å². The van der Waals surface area contributed by atoms with Gasteiger partial charge in [0.1, 0.15) is 5.82 Å². The summed E-state index contributed by atoms with van der Waals surface area (Å²) in [5.74, 6) is -0.430. The molecule has 0 radical (unpaired) electrons. The third-order valence-corrected chi connectivity index (χ3v) is 8.10. The molecule has 5 rings (SSSR count). The summed E-state index contributed by atoms with van der Waals surface area (Å²) in [7, 11) is -4.07. The molecule has 0 N–H and O–H groups in total. The molecule has 0 fully saturated rings. The van der Waals surface area contributed by atoms with Gasteiger partial charge in [-0.25, -0.2) is 21.6 Å². The maximum atomic E-state index is 13.9. The van der Waals surface area contributed by atoms with Crippen molar-refractivity contribution < 1.29 is 12.8 Å². The van der Waals surface area contributed by atoms with E-state index in [-0.39, 0.29) is 4.90 Å². The van der Waals surface area contributed by atoms with E-state index in [0.717, 1.165) is 0 Å². The molecule has 8 heteroatoms. The first-order valence-electron chi connectivity index (χ1n) is 9.77. The molecule has 33 heavy (non-hydrogen) atoms. The molecule has 0 saturated carbocycles. The van der Waals surface area contributed by atoms with Crippen molar-refractivity contribution in [1.82, 2.24) is 3.97 Å². The molecule has 2 heterocycles. The summed E-state index contributed by atoms with van der Waals surface area (Å²) in [6, 6.07) is 20.6. The van der Waals surface area contributed by atoms with Crippen LogP contribution in [0.1, 0.15) is 0 Å². The van der Waals surface area contributed by atoms with Crippen molar-refractivity contribution in [3.05, 3.63) is 106 Å². The Labute approximate surface area is 199 Å².